The average Bonchev–Trinajstić information content (AvgIpc) is 2.22. The molecule has 0 fully saturated rings. The fraction of sp³-hybridized carbons (Fsp3) is 0.273. The minimum absolute atomic E-state index is 0.00426. The zero-order valence-electron chi connectivity index (χ0n) is 8.40. The summed E-state index contributed by atoms with van der Waals surface area (Å²) in [6, 6.07) is 5.55. The van der Waals surface area contributed by atoms with E-state index in [-0.39, 0.29) is 19.1 Å². The third-order valence-corrected chi connectivity index (χ3v) is 2.32. The molecular weight excluding hydrogens is 194 g/mol. The van der Waals surface area contributed by atoms with Crippen LogP contribution in [-0.2, 0) is 9.59 Å². The zero-order valence-corrected chi connectivity index (χ0v) is 8.40. The van der Waals surface area contributed by atoms with Crippen LogP contribution in [-0.4, -0.2) is 25.3 Å². The van der Waals surface area contributed by atoms with E-state index < -0.39 is 0 Å². The summed E-state index contributed by atoms with van der Waals surface area (Å²) in [4.78, 5) is 23.4. The third-order valence-electron chi connectivity index (χ3n) is 2.32. The molecule has 78 valence electrons. The molecule has 0 radical (unpaired) electrons. The van der Waals surface area contributed by atoms with Gasteiger partial charge in [0, 0.05) is 0 Å². The van der Waals surface area contributed by atoms with Crippen molar-refractivity contribution in [3.05, 3.63) is 23.8 Å². The van der Waals surface area contributed by atoms with E-state index in [0.717, 1.165) is 5.56 Å². The SMILES string of the molecule is Cc1ccc2c(c1)OCC(=O)N2CC=O. The molecule has 0 aromatic heterocycles. The molecule has 0 unspecified atom stereocenters. The third kappa shape index (κ3) is 1.70. The fourth-order valence-corrected chi connectivity index (χ4v) is 1.59. The predicted octanol–water partition coefficient (Wildman–Crippen LogP) is 0.919. The Labute approximate surface area is 87.4 Å². The fourth-order valence-electron chi connectivity index (χ4n) is 1.59. The molecule has 1 aromatic rings. The molecule has 1 heterocycles. The van der Waals surface area contributed by atoms with Crippen molar-refractivity contribution in [3.8, 4) is 5.75 Å². The van der Waals surface area contributed by atoms with Gasteiger partial charge in [0.15, 0.2) is 6.61 Å². The second-order valence-corrected chi connectivity index (χ2v) is 3.43. The Hall–Kier alpha value is -1.84. The van der Waals surface area contributed by atoms with Crippen molar-refractivity contribution in [2.24, 2.45) is 0 Å². The van der Waals surface area contributed by atoms with Gasteiger partial charge in [0.2, 0.25) is 0 Å². The highest BCUT2D eigenvalue weighted by molar-refractivity contribution is 5.99. The Kier molecular flexibility index (Phi) is 2.41. The van der Waals surface area contributed by atoms with Gasteiger partial charge in [-0.05, 0) is 24.6 Å². The average molecular weight is 205 g/mol. The number of amides is 1. The van der Waals surface area contributed by atoms with Gasteiger partial charge in [0.05, 0.1) is 12.2 Å². The number of anilines is 1. The van der Waals surface area contributed by atoms with Crippen LogP contribution in [0.15, 0.2) is 18.2 Å². The van der Waals surface area contributed by atoms with E-state index in [0.29, 0.717) is 17.7 Å². The maximum absolute atomic E-state index is 11.5. The number of hydrogen-bond acceptors (Lipinski definition) is 3. The van der Waals surface area contributed by atoms with Crippen LogP contribution in [0.1, 0.15) is 5.56 Å². The monoisotopic (exact) mass is 205 g/mol. The van der Waals surface area contributed by atoms with E-state index in [1.165, 1.54) is 4.90 Å². The Bertz CT molecular complexity index is 414. The first-order valence-electron chi connectivity index (χ1n) is 4.70. The Morgan fingerprint density at radius 3 is 3.07 bits per heavy atom. The molecule has 0 spiro atoms. The smallest absolute Gasteiger partial charge is 0.265 e. The van der Waals surface area contributed by atoms with Gasteiger partial charge in [-0.15, -0.1) is 0 Å². The summed E-state index contributed by atoms with van der Waals surface area (Å²) in [5, 5.41) is 0. The lowest BCUT2D eigenvalue weighted by atomic mass is 10.1. The number of fused-ring (bicyclic) bond motifs is 1. The molecule has 1 aliphatic rings. The predicted molar refractivity (Wildman–Crippen MR) is 55.1 cm³/mol. The molecule has 15 heavy (non-hydrogen) atoms. The van der Waals surface area contributed by atoms with Gasteiger partial charge in [-0.25, -0.2) is 0 Å². The van der Waals surface area contributed by atoms with Crippen molar-refractivity contribution in [1.29, 1.82) is 0 Å². The van der Waals surface area contributed by atoms with Crippen LogP contribution in [0.5, 0.6) is 5.75 Å². The van der Waals surface area contributed by atoms with Crippen LogP contribution in [0.25, 0.3) is 0 Å². The summed E-state index contributed by atoms with van der Waals surface area (Å²) >= 11 is 0. The van der Waals surface area contributed by atoms with Gasteiger partial charge in [-0.1, -0.05) is 6.07 Å². The molecule has 0 saturated carbocycles. The van der Waals surface area contributed by atoms with E-state index in [2.05, 4.69) is 0 Å². The largest absolute Gasteiger partial charge is 0.482 e. The summed E-state index contributed by atoms with van der Waals surface area (Å²) in [6.07, 6.45) is 0.715. The summed E-state index contributed by atoms with van der Waals surface area (Å²) < 4.78 is 5.29. The number of carbonyl (C=O) groups is 2. The van der Waals surface area contributed by atoms with Gasteiger partial charge >= 0.3 is 0 Å². The lowest BCUT2D eigenvalue weighted by Crippen LogP contribution is -2.39. The summed E-state index contributed by atoms with van der Waals surface area (Å²) in [5.74, 6) is 0.481. The van der Waals surface area contributed by atoms with Gasteiger partial charge in [0.25, 0.3) is 5.91 Å². The number of carbonyl (C=O) groups excluding carboxylic acids is 2. The number of hydrogen-bond donors (Lipinski definition) is 0. The van der Waals surface area contributed by atoms with Crippen LogP contribution < -0.4 is 9.64 Å². The normalized spacial score (nSPS) is 14.5. The maximum Gasteiger partial charge on any atom is 0.265 e. The summed E-state index contributed by atoms with van der Waals surface area (Å²) in [5.41, 5.74) is 1.73. The van der Waals surface area contributed by atoms with Crippen molar-refractivity contribution >= 4 is 17.9 Å². The lowest BCUT2D eigenvalue weighted by molar-refractivity contribution is -0.122. The molecule has 0 saturated heterocycles. The van der Waals surface area contributed by atoms with Crippen molar-refractivity contribution in [3.63, 3.8) is 0 Å². The summed E-state index contributed by atoms with van der Waals surface area (Å²) in [6.45, 7) is 2.03. The van der Waals surface area contributed by atoms with Crippen LogP contribution in [0.3, 0.4) is 0 Å². The van der Waals surface area contributed by atoms with Crippen molar-refractivity contribution in [2.45, 2.75) is 6.92 Å². The molecule has 1 amide bonds. The molecule has 0 atom stereocenters. The van der Waals surface area contributed by atoms with Gasteiger partial charge in [-0.3, -0.25) is 9.69 Å². The van der Waals surface area contributed by atoms with Crippen LogP contribution in [0.4, 0.5) is 5.69 Å². The molecule has 0 N–H and O–H groups in total. The van der Waals surface area contributed by atoms with Crippen molar-refractivity contribution in [2.75, 3.05) is 18.1 Å². The molecule has 1 aromatic carbocycles. The second-order valence-electron chi connectivity index (χ2n) is 3.43. The first-order chi connectivity index (χ1) is 7.22. The Morgan fingerprint density at radius 1 is 1.53 bits per heavy atom. The second kappa shape index (κ2) is 3.73. The summed E-state index contributed by atoms with van der Waals surface area (Å²) in [7, 11) is 0. The topological polar surface area (TPSA) is 46.6 Å². The van der Waals surface area contributed by atoms with E-state index in [1.54, 1.807) is 6.07 Å². The number of aldehydes is 1. The molecule has 4 heteroatoms. The van der Waals surface area contributed by atoms with Gasteiger partial charge in [-0.2, -0.15) is 0 Å². The molecular formula is C11H11NO3. The maximum atomic E-state index is 11.5. The highest BCUT2D eigenvalue weighted by Gasteiger charge is 2.24. The zero-order chi connectivity index (χ0) is 10.8. The van der Waals surface area contributed by atoms with E-state index >= 15 is 0 Å². The number of nitrogens with zero attached hydrogens (tertiary/aromatic N) is 1. The van der Waals surface area contributed by atoms with E-state index in [4.69, 9.17) is 4.74 Å². The first kappa shape index (κ1) is 9.71. The Balaban J connectivity index is 2.43. The highest BCUT2D eigenvalue weighted by Crippen LogP contribution is 2.32. The van der Waals surface area contributed by atoms with E-state index in [9.17, 15) is 9.59 Å². The quantitative estimate of drug-likeness (QED) is 0.674. The van der Waals surface area contributed by atoms with Gasteiger partial charge in [0.1, 0.15) is 12.0 Å². The minimum Gasteiger partial charge on any atom is -0.482 e. The van der Waals surface area contributed by atoms with Crippen LogP contribution in [0.2, 0.25) is 0 Å². The lowest BCUT2D eigenvalue weighted by Gasteiger charge is -2.27. The van der Waals surface area contributed by atoms with Crippen molar-refractivity contribution < 1.29 is 14.3 Å². The number of rotatable bonds is 2. The molecule has 1 aliphatic heterocycles. The van der Waals surface area contributed by atoms with E-state index in [1.807, 2.05) is 19.1 Å². The standard InChI is InChI=1S/C11H11NO3/c1-8-2-3-9-10(6-8)15-7-11(14)12(9)4-5-13/h2-3,5-6H,4,7H2,1H3. The highest BCUT2D eigenvalue weighted by atomic mass is 16.5. The first-order valence-corrected chi connectivity index (χ1v) is 4.70. The molecule has 2 rings (SSSR count). The number of ether oxygens (including phenoxy) is 1. The van der Waals surface area contributed by atoms with Crippen molar-refractivity contribution in [1.82, 2.24) is 0 Å². The minimum atomic E-state index is -0.182. The molecule has 4 nitrogen and oxygen atoms in total. The number of aryl methyl sites for hydroxylation is 1. The van der Waals surface area contributed by atoms with Crippen LogP contribution in [0, 0.1) is 6.92 Å². The molecule has 0 bridgehead atoms. The van der Waals surface area contributed by atoms with Gasteiger partial charge < -0.3 is 9.53 Å². The molecule has 0 aliphatic carbocycles. The van der Waals surface area contributed by atoms with Crippen LogP contribution >= 0.6 is 0 Å². The number of benzene rings is 1. The Morgan fingerprint density at radius 2 is 2.33 bits per heavy atom.